The summed E-state index contributed by atoms with van der Waals surface area (Å²) in [5.74, 6) is -0.966. The number of aliphatic carboxylic acids is 1. The lowest BCUT2D eigenvalue weighted by Gasteiger charge is -2.11. The standard InChI is InChI=1S/C12H25NO4/c1-16-9-10-17-8-4-6-11(12(14)15)5-2-3-7-13/h11H,2-10,13H2,1H3,(H,14,15). The third kappa shape index (κ3) is 10.2. The van der Waals surface area contributed by atoms with Gasteiger partial charge in [0.1, 0.15) is 0 Å². The van der Waals surface area contributed by atoms with Crippen LogP contribution in [0.15, 0.2) is 0 Å². The fourth-order valence-corrected chi connectivity index (χ4v) is 1.60. The normalized spacial score (nSPS) is 12.6. The Hall–Kier alpha value is -0.650. The largest absolute Gasteiger partial charge is 0.481 e. The van der Waals surface area contributed by atoms with E-state index in [2.05, 4.69) is 0 Å². The van der Waals surface area contributed by atoms with E-state index in [9.17, 15) is 4.79 Å². The molecule has 0 aliphatic rings. The van der Waals surface area contributed by atoms with E-state index in [0.29, 0.717) is 39.2 Å². The Kier molecular flexibility index (Phi) is 11.4. The highest BCUT2D eigenvalue weighted by atomic mass is 16.5. The second-order valence-electron chi connectivity index (χ2n) is 4.07. The summed E-state index contributed by atoms with van der Waals surface area (Å²) in [6, 6.07) is 0. The van der Waals surface area contributed by atoms with Crippen molar-refractivity contribution < 1.29 is 19.4 Å². The summed E-state index contributed by atoms with van der Waals surface area (Å²) in [6.07, 6.45) is 3.95. The quantitative estimate of drug-likeness (QED) is 0.507. The number of nitrogens with two attached hydrogens (primary N) is 1. The third-order valence-corrected chi connectivity index (χ3v) is 2.63. The van der Waals surface area contributed by atoms with E-state index in [0.717, 1.165) is 19.3 Å². The molecule has 1 unspecified atom stereocenters. The maximum absolute atomic E-state index is 11.0. The molecule has 0 radical (unpaired) electrons. The number of rotatable bonds is 12. The van der Waals surface area contributed by atoms with Gasteiger partial charge < -0.3 is 20.3 Å². The van der Waals surface area contributed by atoms with Gasteiger partial charge in [-0.3, -0.25) is 4.79 Å². The zero-order chi connectivity index (χ0) is 12.9. The molecule has 0 saturated carbocycles. The van der Waals surface area contributed by atoms with Crippen LogP contribution in [0.25, 0.3) is 0 Å². The van der Waals surface area contributed by atoms with Crippen LogP contribution in [0, 0.1) is 5.92 Å². The van der Waals surface area contributed by atoms with Crippen molar-refractivity contribution in [2.45, 2.75) is 32.1 Å². The molecular weight excluding hydrogens is 222 g/mol. The summed E-state index contributed by atoms with van der Waals surface area (Å²) in [4.78, 5) is 11.0. The predicted octanol–water partition coefficient (Wildman–Crippen LogP) is 1.26. The molecule has 5 nitrogen and oxygen atoms in total. The maximum Gasteiger partial charge on any atom is 0.306 e. The lowest BCUT2D eigenvalue weighted by Crippen LogP contribution is -2.15. The first kappa shape index (κ1) is 16.4. The van der Waals surface area contributed by atoms with Crippen LogP contribution >= 0.6 is 0 Å². The van der Waals surface area contributed by atoms with Gasteiger partial charge in [-0.2, -0.15) is 0 Å². The van der Waals surface area contributed by atoms with Gasteiger partial charge in [0.15, 0.2) is 0 Å². The van der Waals surface area contributed by atoms with E-state index in [1.807, 2.05) is 0 Å². The number of unbranched alkanes of at least 4 members (excludes halogenated alkanes) is 1. The molecule has 0 amide bonds. The van der Waals surface area contributed by atoms with Gasteiger partial charge in [0.25, 0.3) is 0 Å². The van der Waals surface area contributed by atoms with Crippen molar-refractivity contribution in [1.82, 2.24) is 0 Å². The molecule has 0 bridgehead atoms. The van der Waals surface area contributed by atoms with E-state index in [1.165, 1.54) is 0 Å². The molecule has 0 fully saturated rings. The van der Waals surface area contributed by atoms with E-state index in [4.69, 9.17) is 20.3 Å². The Morgan fingerprint density at radius 3 is 2.47 bits per heavy atom. The summed E-state index contributed by atoms with van der Waals surface area (Å²) in [6.45, 7) is 2.39. The Labute approximate surface area is 103 Å². The van der Waals surface area contributed by atoms with Crippen molar-refractivity contribution in [2.75, 3.05) is 33.5 Å². The summed E-state index contributed by atoms with van der Waals surface area (Å²) >= 11 is 0. The molecule has 1 atom stereocenters. The molecule has 0 rings (SSSR count). The van der Waals surface area contributed by atoms with E-state index >= 15 is 0 Å². The van der Waals surface area contributed by atoms with Gasteiger partial charge in [0.05, 0.1) is 19.1 Å². The number of hydrogen-bond acceptors (Lipinski definition) is 4. The summed E-state index contributed by atoms with van der Waals surface area (Å²) in [5.41, 5.74) is 5.38. The molecule has 0 aromatic rings. The van der Waals surface area contributed by atoms with Gasteiger partial charge in [-0.15, -0.1) is 0 Å². The van der Waals surface area contributed by atoms with Crippen molar-refractivity contribution in [3.63, 3.8) is 0 Å². The fraction of sp³-hybridized carbons (Fsp3) is 0.917. The number of hydrogen-bond donors (Lipinski definition) is 2. The first-order valence-electron chi connectivity index (χ1n) is 6.22. The second kappa shape index (κ2) is 11.8. The minimum atomic E-state index is -0.709. The lowest BCUT2D eigenvalue weighted by atomic mass is 9.97. The fourth-order valence-electron chi connectivity index (χ4n) is 1.60. The zero-order valence-corrected chi connectivity index (χ0v) is 10.7. The Morgan fingerprint density at radius 2 is 1.88 bits per heavy atom. The van der Waals surface area contributed by atoms with Gasteiger partial charge >= 0.3 is 5.97 Å². The van der Waals surface area contributed by atoms with Crippen LogP contribution in [-0.2, 0) is 14.3 Å². The highest BCUT2D eigenvalue weighted by Crippen LogP contribution is 2.15. The van der Waals surface area contributed by atoms with Gasteiger partial charge in [0.2, 0.25) is 0 Å². The smallest absolute Gasteiger partial charge is 0.306 e. The van der Waals surface area contributed by atoms with Crippen molar-refractivity contribution in [3.8, 4) is 0 Å². The van der Waals surface area contributed by atoms with Crippen molar-refractivity contribution in [3.05, 3.63) is 0 Å². The number of carbonyl (C=O) groups is 1. The van der Waals surface area contributed by atoms with Crippen LogP contribution in [0.5, 0.6) is 0 Å². The molecular formula is C12H25NO4. The number of carboxylic acid groups (broad SMARTS) is 1. The molecule has 0 saturated heterocycles. The monoisotopic (exact) mass is 247 g/mol. The molecule has 0 aromatic heterocycles. The Bertz CT molecular complexity index is 187. The first-order chi connectivity index (χ1) is 8.22. The minimum absolute atomic E-state index is 0.257. The lowest BCUT2D eigenvalue weighted by molar-refractivity contribution is -0.142. The third-order valence-electron chi connectivity index (χ3n) is 2.63. The van der Waals surface area contributed by atoms with Gasteiger partial charge in [-0.1, -0.05) is 6.42 Å². The van der Waals surface area contributed by atoms with Gasteiger partial charge in [-0.05, 0) is 32.2 Å². The summed E-state index contributed by atoms with van der Waals surface area (Å²) in [7, 11) is 1.63. The summed E-state index contributed by atoms with van der Waals surface area (Å²) in [5, 5.41) is 9.02. The van der Waals surface area contributed by atoms with E-state index < -0.39 is 5.97 Å². The average Bonchev–Trinajstić information content (AvgIpc) is 2.31. The molecule has 102 valence electrons. The van der Waals surface area contributed by atoms with Crippen molar-refractivity contribution in [1.29, 1.82) is 0 Å². The molecule has 0 aromatic carbocycles. The van der Waals surface area contributed by atoms with Crippen LogP contribution in [0.1, 0.15) is 32.1 Å². The Balaban J connectivity index is 3.52. The van der Waals surface area contributed by atoms with Crippen LogP contribution in [0.3, 0.4) is 0 Å². The molecule has 0 aliphatic heterocycles. The van der Waals surface area contributed by atoms with Crippen LogP contribution < -0.4 is 5.73 Å². The van der Waals surface area contributed by atoms with Crippen LogP contribution in [-0.4, -0.2) is 44.6 Å². The number of carboxylic acids is 1. The van der Waals surface area contributed by atoms with E-state index in [1.54, 1.807) is 7.11 Å². The average molecular weight is 247 g/mol. The van der Waals surface area contributed by atoms with Crippen LogP contribution in [0.2, 0.25) is 0 Å². The molecule has 3 N–H and O–H groups in total. The second-order valence-corrected chi connectivity index (χ2v) is 4.07. The SMILES string of the molecule is COCCOCCCC(CCCCN)C(=O)O. The van der Waals surface area contributed by atoms with Crippen molar-refractivity contribution >= 4 is 5.97 Å². The molecule has 5 heteroatoms. The maximum atomic E-state index is 11.0. The van der Waals surface area contributed by atoms with Crippen LogP contribution in [0.4, 0.5) is 0 Å². The topological polar surface area (TPSA) is 81.8 Å². The predicted molar refractivity (Wildman–Crippen MR) is 66.0 cm³/mol. The Morgan fingerprint density at radius 1 is 1.18 bits per heavy atom. The first-order valence-corrected chi connectivity index (χ1v) is 6.22. The molecule has 17 heavy (non-hydrogen) atoms. The zero-order valence-electron chi connectivity index (χ0n) is 10.7. The molecule has 0 heterocycles. The number of ether oxygens (including phenoxy) is 2. The minimum Gasteiger partial charge on any atom is -0.481 e. The molecule has 0 aliphatic carbocycles. The van der Waals surface area contributed by atoms with Gasteiger partial charge in [-0.25, -0.2) is 0 Å². The summed E-state index contributed by atoms with van der Waals surface area (Å²) < 4.78 is 10.1. The number of methoxy groups -OCH3 is 1. The highest BCUT2D eigenvalue weighted by Gasteiger charge is 2.16. The van der Waals surface area contributed by atoms with E-state index in [-0.39, 0.29) is 5.92 Å². The van der Waals surface area contributed by atoms with Gasteiger partial charge in [0, 0.05) is 13.7 Å². The molecule has 0 spiro atoms. The highest BCUT2D eigenvalue weighted by molar-refractivity contribution is 5.69. The van der Waals surface area contributed by atoms with Crippen molar-refractivity contribution in [2.24, 2.45) is 11.7 Å².